The molecule has 3 aromatic carbocycles. The maximum atomic E-state index is 13.7. The standard InChI is InChI=1S/C23H22N4O4S/c1-16-15-25(32(30,31)18-9-7-8-17(14-18)27(28)29)23(24(16)2)26-21-12-5-3-10-19(21)20-11-4-6-13-22(20)26/h3-14,16,23H,15H2,1-2H3. The van der Waals surface area contributed by atoms with E-state index in [1.165, 1.54) is 22.5 Å². The Morgan fingerprint density at radius 2 is 1.53 bits per heavy atom. The Morgan fingerprint density at radius 1 is 0.938 bits per heavy atom. The molecule has 9 heteroatoms. The van der Waals surface area contributed by atoms with Crippen LogP contribution < -0.4 is 0 Å². The number of nitro benzene ring substituents is 1. The first kappa shape index (κ1) is 20.6. The normalized spacial score (nSPS) is 20.3. The predicted molar refractivity (Wildman–Crippen MR) is 123 cm³/mol. The van der Waals surface area contributed by atoms with Crippen LogP contribution in [0.1, 0.15) is 13.2 Å². The average molecular weight is 451 g/mol. The Kier molecular flexibility index (Phi) is 4.77. The molecule has 0 amide bonds. The number of rotatable bonds is 4. The maximum Gasteiger partial charge on any atom is 0.270 e. The monoisotopic (exact) mass is 450 g/mol. The summed E-state index contributed by atoms with van der Waals surface area (Å²) in [5.74, 6) is 0. The van der Waals surface area contributed by atoms with Gasteiger partial charge in [-0.2, -0.15) is 4.31 Å². The minimum Gasteiger partial charge on any atom is -0.310 e. The SMILES string of the molecule is CC1CN(S(=O)(=O)c2cccc([N+](=O)[O-])c2)C(n2c3ccccc3c3ccccc32)N1C. The number of likely N-dealkylation sites (N-methyl/N-ethyl adjacent to an activating group) is 1. The van der Waals surface area contributed by atoms with Crippen molar-refractivity contribution in [2.45, 2.75) is 24.2 Å². The van der Waals surface area contributed by atoms with Crippen LogP contribution in [0, 0.1) is 10.1 Å². The molecule has 1 fully saturated rings. The zero-order chi connectivity index (χ0) is 22.6. The molecule has 0 spiro atoms. The van der Waals surface area contributed by atoms with Crippen molar-refractivity contribution in [3.8, 4) is 0 Å². The van der Waals surface area contributed by atoms with Gasteiger partial charge >= 0.3 is 0 Å². The lowest BCUT2D eigenvalue weighted by Crippen LogP contribution is -2.37. The summed E-state index contributed by atoms with van der Waals surface area (Å²) in [6, 6.07) is 21.1. The number of non-ortho nitro benzene ring substituents is 1. The number of sulfonamides is 1. The molecule has 5 rings (SSSR count). The van der Waals surface area contributed by atoms with Crippen LogP contribution in [-0.4, -0.2) is 46.7 Å². The molecular weight excluding hydrogens is 428 g/mol. The minimum atomic E-state index is -4.01. The van der Waals surface area contributed by atoms with Crippen LogP contribution in [0.2, 0.25) is 0 Å². The van der Waals surface area contributed by atoms with E-state index in [1.54, 1.807) is 0 Å². The van der Waals surface area contributed by atoms with Crippen molar-refractivity contribution in [2.24, 2.45) is 0 Å². The van der Waals surface area contributed by atoms with Gasteiger partial charge in [-0.1, -0.05) is 42.5 Å². The van der Waals surface area contributed by atoms with Crippen LogP contribution >= 0.6 is 0 Å². The molecule has 1 aliphatic rings. The maximum absolute atomic E-state index is 13.7. The van der Waals surface area contributed by atoms with Gasteiger partial charge in [-0.15, -0.1) is 0 Å². The smallest absolute Gasteiger partial charge is 0.270 e. The van der Waals surface area contributed by atoms with Gasteiger partial charge in [0, 0.05) is 35.5 Å². The number of aromatic nitrogens is 1. The number of nitro groups is 1. The minimum absolute atomic E-state index is 0.0478. The van der Waals surface area contributed by atoms with Gasteiger partial charge < -0.3 is 4.57 Å². The van der Waals surface area contributed by atoms with Gasteiger partial charge in [0.15, 0.2) is 6.29 Å². The molecule has 2 unspecified atom stereocenters. The Hall–Kier alpha value is -3.27. The van der Waals surface area contributed by atoms with E-state index < -0.39 is 21.2 Å². The van der Waals surface area contributed by atoms with E-state index in [0.717, 1.165) is 27.9 Å². The van der Waals surface area contributed by atoms with E-state index in [-0.39, 0.29) is 23.2 Å². The molecule has 4 aromatic rings. The van der Waals surface area contributed by atoms with Crippen LogP contribution in [0.5, 0.6) is 0 Å². The third-order valence-corrected chi connectivity index (χ3v) is 8.05. The largest absolute Gasteiger partial charge is 0.310 e. The van der Waals surface area contributed by atoms with Crippen molar-refractivity contribution in [1.29, 1.82) is 0 Å². The molecule has 32 heavy (non-hydrogen) atoms. The molecular formula is C23H22N4O4S. The van der Waals surface area contributed by atoms with Crippen LogP contribution in [-0.2, 0) is 10.0 Å². The third-order valence-electron chi connectivity index (χ3n) is 6.24. The topological polar surface area (TPSA) is 88.7 Å². The highest BCUT2D eigenvalue weighted by atomic mass is 32.2. The summed E-state index contributed by atoms with van der Waals surface area (Å²) in [6.07, 6.45) is -0.612. The third kappa shape index (κ3) is 3.01. The van der Waals surface area contributed by atoms with Gasteiger partial charge in [0.05, 0.1) is 20.9 Å². The van der Waals surface area contributed by atoms with Crippen molar-refractivity contribution >= 4 is 37.5 Å². The average Bonchev–Trinajstić information content (AvgIpc) is 3.28. The van der Waals surface area contributed by atoms with Crippen molar-refractivity contribution in [1.82, 2.24) is 13.8 Å². The molecule has 0 saturated carbocycles. The second-order valence-electron chi connectivity index (χ2n) is 8.09. The lowest BCUT2D eigenvalue weighted by Gasteiger charge is -2.30. The van der Waals surface area contributed by atoms with E-state index in [9.17, 15) is 18.5 Å². The Bertz CT molecular complexity index is 1410. The summed E-state index contributed by atoms with van der Waals surface area (Å²) in [4.78, 5) is 12.6. The number of fused-ring (bicyclic) bond motifs is 3. The lowest BCUT2D eigenvalue weighted by molar-refractivity contribution is -0.385. The molecule has 164 valence electrons. The summed E-state index contributed by atoms with van der Waals surface area (Å²) < 4.78 is 31.0. The zero-order valence-corrected chi connectivity index (χ0v) is 18.4. The molecule has 1 saturated heterocycles. The molecule has 0 radical (unpaired) electrons. The second-order valence-corrected chi connectivity index (χ2v) is 9.98. The fourth-order valence-electron chi connectivity index (χ4n) is 4.54. The van der Waals surface area contributed by atoms with E-state index in [1.807, 2.05) is 72.0 Å². The first-order valence-electron chi connectivity index (χ1n) is 10.3. The van der Waals surface area contributed by atoms with E-state index in [2.05, 4.69) is 0 Å². The van der Waals surface area contributed by atoms with Crippen molar-refractivity contribution in [3.05, 3.63) is 82.9 Å². The second kappa shape index (κ2) is 7.40. The first-order chi connectivity index (χ1) is 15.3. The predicted octanol–water partition coefficient (Wildman–Crippen LogP) is 4.18. The Labute approximate surface area is 185 Å². The van der Waals surface area contributed by atoms with Crippen LogP contribution in [0.3, 0.4) is 0 Å². The van der Waals surface area contributed by atoms with Crippen LogP contribution in [0.25, 0.3) is 21.8 Å². The van der Waals surface area contributed by atoms with Gasteiger partial charge in [0.25, 0.3) is 5.69 Å². The highest BCUT2D eigenvalue weighted by Gasteiger charge is 2.44. The summed E-state index contributed by atoms with van der Waals surface area (Å²) in [7, 11) is -2.10. The van der Waals surface area contributed by atoms with Gasteiger partial charge in [-0.3, -0.25) is 15.0 Å². The summed E-state index contributed by atoms with van der Waals surface area (Å²) >= 11 is 0. The number of para-hydroxylation sites is 2. The zero-order valence-electron chi connectivity index (χ0n) is 17.6. The lowest BCUT2D eigenvalue weighted by atomic mass is 10.2. The van der Waals surface area contributed by atoms with Gasteiger partial charge in [-0.25, -0.2) is 8.42 Å². The first-order valence-corrected chi connectivity index (χ1v) is 11.7. The molecule has 2 heterocycles. The molecule has 0 aliphatic carbocycles. The quantitative estimate of drug-likeness (QED) is 0.344. The molecule has 2 atom stereocenters. The number of hydrogen-bond acceptors (Lipinski definition) is 5. The molecule has 0 N–H and O–H groups in total. The molecule has 1 aromatic heterocycles. The Balaban J connectivity index is 1.73. The Morgan fingerprint density at radius 3 is 2.12 bits per heavy atom. The van der Waals surface area contributed by atoms with E-state index in [4.69, 9.17) is 0 Å². The fourth-order valence-corrected chi connectivity index (χ4v) is 6.24. The summed E-state index contributed by atoms with van der Waals surface area (Å²) in [5, 5.41) is 13.3. The number of nitrogens with zero attached hydrogens (tertiary/aromatic N) is 4. The van der Waals surface area contributed by atoms with Crippen molar-refractivity contribution in [3.63, 3.8) is 0 Å². The van der Waals surface area contributed by atoms with Gasteiger partial charge in [-0.05, 0) is 32.2 Å². The summed E-state index contributed by atoms with van der Waals surface area (Å²) in [5.41, 5.74) is 1.61. The van der Waals surface area contributed by atoms with E-state index in [0.29, 0.717) is 0 Å². The number of hydrogen-bond donors (Lipinski definition) is 0. The highest BCUT2D eigenvalue weighted by molar-refractivity contribution is 7.89. The summed E-state index contributed by atoms with van der Waals surface area (Å²) in [6.45, 7) is 2.25. The van der Waals surface area contributed by atoms with Crippen LogP contribution in [0.15, 0.2) is 77.7 Å². The fraction of sp³-hybridized carbons (Fsp3) is 0.217. The molecule has 1 aliphatic heterocycles. The highest BCUT2D eigenvalue weighted by Crippen LogP contribution is 2.39. The van der Waals surface area contributed by atoms with Crippen molar-refractivity contribution < 1.29 is 13.3 Å². The van der Waals surface area contributed by atoms with Gasteiger partial charge in [0.1, 0.15) is 0 Å². The molecule has 0 bridgehead atoms. The van der Waals surface area contributed by atoms with Crippen LogP contribution in [0.4, 0.5) is 5.69 Å². The number of benzene rings is 3. The van der Waals surface area contributed by atoms with E-state index >= 15 is 0 Å². The molecule has 8 nitrogen and oxygen atoms in total. The van der Waals surface area contributed by atoms with Crippen molar-refractivity contribution in [2.75, 3.05) is 13.6 Å². The van der Waals surface area contributed by atoms with Gasteiger partial charge in [0.2, 0.25) is 10.0 Å².